The standard InChI is InChI=1S/C19H13N5O5S2/c25-17(11-7-14(29-24-11)15-2-1-5-30-15)20-8-16-22-23-19(31-16)18(26)21-10-3-4-12-13(6-10)28-9-27-12/h1-7H,8-9H2,(H,20,25)(H,21,26). The molecule has 1 aromatic carbocycles. The molecule has 4 aromatic rings. The van der Waals surface area contributed by atoms with Crippen molar-refractivity contribution in [3.63, 3.8) is 0 Å². The van der Waals surface area contributed by atoms with Gasteiger partial charge in [-0.2, -0.15) is 0 Å². The molecule has 0 unspecified atom stereocenters. The first-order chi connectivity index (χ1) is 15.2. The van der Waals surface area contributed by atoms with Gasteiger partial charge in [0.25, 0.3) is 11.8 Å². The number of carbonyl (C=O) groups is 2. The third kappa shape index (κ3) is 4.11. The van der Waals surface area contributed by atoms with E-state index in [9.17, 15) is 9.59 Å². The first kappa shape index (κ1) is 19.2. The maximum absolute atomic E-state index is 12.4. The topological polar surface area (TPSA) is 128 Å². The zero-order valence-corrected chi connectivity index (χ0v) is 17.3. The lowest BCUT2D eigenvalue weighted by Crippen LogP contribution is -2.22. The van der Waals surface area contributed by atoms with Crippen LogP contribution in [-0.2, 0) is 6.54 Å². The average molecular weight is 455 g/mol. The van der Waals surface area contributed by atoms with Crippen molar-refractivity contribution >= 4 is 40.2 Å². The van der Waals surface area contributed by atoms with Gasteiger partial charge in [0.05, 0.1) is 11.4 Å². The summed E-state index contributed by atoms with van der Waals surface area (Å²) in [5.41, 5.74) is 0.709. The summed E-state index contributed by atoms with van der Waals surface area (Å²) in [6.07, 6.45) is 0. The summed E-state index contributed by atoms with van der Waals surface area (Å²) in [5, 5.41) is 19.6. The Morgan fingerprint density at radius 3 is 2.84 bits per heavy atom. The largest absolute Gasteiger partial charge is 0.454 e. The summed E-state index contributed by atoms with van der Waals surface area (Å²) in [7, 11) is 0. The molecule has 10 nitrogen and oxygen atoms in total. The molecule has 0 aliphatic carbocycles. The van der Waals surface area contributed by atoms with Crippen molar-refractivity contribution in [1.29, 1.82) is 0 Å². The van der Waals surface area contributed by atoms with Crippen molar-refractivity contribution in [3.05, 3.63) is 57.5 Å². The van der Waals surface area contributed by atoms with Crippen LogP contribution in [0.1, 0.15) is 25.3 Å². The van der Waals surface area contributed by atoms with Crippen LogP contribution >= 0.6 is 22.7 Å². The Bertz CT molecular complexity index is 1250. The van der Waals surface area contributed by atoms with Crippen LogP contribution in [0.4, 0.5) is 5.69 Å². The fraction of sp³-hybridized carbons (Fsp3) is 0.105. The molecule has 156 valence electrons. The van der Waals surface area contributed by atoms with E-state index in [-0.39, 0.29) is 24.0 Å². The Morgan fingerprint density at radius 2 is 1.97 bits per heavy atom. The SMILES string of the molecule is O=C(NCc1nnc(C(=O)Nc2ccc3c(c2)OCO3)s1)c1cc(-c2cccs2)on1. The second-order valence-electron chi connectivity index (χ2n) is 6.26. The van der Waals surface area contributed by atoms with E-state index in [2.05, 4.69) is 26.0 Å². The van der Waals surface area contributed by atoms with E-state index >= 15 is 0 Å². The Kier molecular flexibility index (Phi) is 5.06. The highest BCUT2D eigenvalue weighted by Crippen LogP contribution is 2.34. The van der Waals surface area contributed by atoms with Gasteiger partial charge in [-0.1, -0.05) is 22.6 Å². The molecule has 5 rings (SSSR count). The molecule has 12 heteroatoms. The Morgan fingerprint density at radius 1 is 1.06 bits per heavy atom. The normalized spacial score (nSPS) is 12.0. The summed E-state index contributed by atoms with van der Waals surface area (Å²) in [6, 6.07) is 10.4. The van der Waals surface area contributed by atoms with Gasteiger partial charge in [-0.25, -0.2) is 0 Å². The van der Waals surface area contributed by atoms with Gasteiger partial charge in [0.1, 0.15) is 5.01 Å². The molecule has 3 aromatic heterocycles. The smallest absolute Gasteiger partial charge is 0.286 e. The molecule has 0 saturated heterocycles. The lowest BCUT2D eigenvalue weighted by molar-refractivity contribution is 0.0941. The number of amides is 2. The summed E-state index contributed by atoms with van der Waals surface area (Å²) in [6.45, 7) is 0.261. The number of ether oxygens (including phenoxy) is 2. The summed E-state index contributed by atoms with van der Waals surface area (Å²) in [4.78, 5) is 25.6. The highest BCUT2D eigenvalue weighted by molar-refractivity contribution is 7.13. The number of aromatic nitrogens is 3. The zero-order chi connectivity index (χ0) is 21.2. The zero-order valence-electron chi connectivity index (χ0n) is 15.7. The van der Waals surface area contributed by atoms with Crippen LogP contribution in [0.25, 0.3) is 10.6 Å². The summed E-state index contributed by atoms with van der Waals surface area (Å²) < 4.78 is 15.7. The van der Waals surface area contributed by atoms with Crippen LogP contribution in [0, 0.1) is 0 Å². The van der Waals surface area contributed by atoms with Gasteiger partial charge < -0.3 is 24.6 Å². The number of thiophene rings is 1. The lowest BCUT2D eigenvalue weighted by atomic mass is 10.3. The number of nitrogens with one attached hydrogen (secondary N) is 2. The van der Waals surface area contributed by atoms with E-state index in [1.54, 1.807) is 24.3 Å². The van der Waals surface area contributed by atoms with E-state index in [1.807, 2.05) is 17.5 Å². The predicted octanol–water partition coefficient (Wildman–Crippen LogP) is 3.17. The minimum Gasteiger partial charge on any atom is -0.454 e. The predicted molar refractivity (Wildman–Crippen MR) is 111 cm³/mol. The van der Waals surface area contributed by atoms with E-state index in [1.165, 1.54) is 11.3 Å². The Labute approximate surface area is 182 Å². The Hall–Kier alpha value is -3.77. The molecule has 0 fully saturated rings. The lowest BCUT2D eigenvalue weighted by Gasteiger charge is -2.03. The number of hydrogen-bond acceptors (Lipinski definition) is 10. The first-order valence-electron chi connectivity index (χ1n) is 8.98. The second-order valence-corrected chi connectivity index (χ2v) is 8.27. The van der Waals surface area contributed by atoms with E-state index < -0.39 is 11.8 Å². The van der Waals surface area contributed by atoms with Gasteiger partial charge in [-0.15, -0.1) is 21.5 Å². The molecule has 1 aliphatic heterocycles. The molecule has 31 heavy (non-hydrogen) atoms. The average Bonchev–Trinajstić information content (AvgIpc) is 3.57. The molecular formula is C19H13N5O5S2. The van der Waals surface area contributed by atoms with Gasteiger partial charge in [-0.3, -0.25) is 9.59 Å². The van der Waals surface area contributed by atoms with Crippen LogP contribution in [-0.4, -0.2) is 34.0 Å². The van der Waals surface area contributed by atoms with E-state index in [0.29, 0.717) is 28.0 Å². The minimum absolute atomic E-state index is 0.106. The second kappa shape index (κ2) is 8.16. The number of hydrogen-bond donors (Lipinski definition) is 2. The molecule has 0 radical (unpaired) electrons. The van der Waals surface area contributed by atoms with E-state index in [0.717, 1.165) is 16.2 Å². The summed E-state index contributed by atoms with van der Waals surface area (Å²) >= 11 is 2.57. The number of rotatable bonds is 6. The van der Waals surface area contributed by atoms with Gasteiger partial charge >= 0.3 is 0 Å². The number of benzene rings is 1. The molecule has 0 bridgehead atoms. The van der Waals surface area contributed by atoms with Gasteiger partial charge in [0.15, 0.2) is 23.0 Å². The van der Waals surface area contributed by atoms with Crippen molar-refractivity contribution in [3.8, 4) is 22.1 Å². The van der Waals surface area contributed by atoms with Crippen LogP contribution in [0.2, 0.25) is 0 Å². The van der Waals surface area contributed by atoms with Gasteiger partial charge in [-0.05, 0) is 23.6 Å². The third-order valence-corrected chi connectivity index (χ3v) is 6.00. The molecule has 2 N–H and O–H groups in total. The van der Waals surface area contributed by atoms with Crippen molar-refractivity contribution in [1.82, 2.24) is 20.7 Å². The fourth-order valence-electron chi connectivity index (χ4n) is 2.74. The first-order valence-corrected chi connectivity index (χ1v) is 10.7. The van der Waals surface area contributed by atoms with Crippen molar-refractivity contribution in [2.75, 3.05) is 12.1 Å². The summed E-state index contributed by atoms with van der Waals surface area (Å²) in [5.74, 6) is 0.896. The molecule has 1 aliphatic rings. The van der Waals surface area contributed by atoms with Crippen molar-refractivity contribution in [2.45, 2.75) is 6.54 Å². The highest BCUT2D eigenvalue weighted by Gasteiger charge is 2.18. The number of fused-ring (bicyclic) bond motifs is 1. The van der Waals surface area contributed by atoms with Crippen LogP contribution in [0.15, 0.2) is 46.3 Å². The third-order valence-electron chi connectivity index (χ3n) is 4.20. The molecule has 2 amide bonds. The molecular weight excluding hydrogens is 442 g/mol. The number of anilines is 1. The molecule has 4 heterocycles. The van der Waals surface area contributed by atoms with Gasteiger partial charge in [0, 0.05) is 17.8 Å². The Balaban J connectivity index is 1.18. The van der Waals surface area contributed by atoms with Crippen LogP contribution in [0.5, 0.6) is 11.5 Å². The number of nitrogens with zero attached hydrogens (tertiary/aromatic N) is 3. The molecule has 0 spiro atoms. The maximum atomic E-state index is 12.4. The molecule has 0 atom stereocenters. The monoisotopic (exact) mass is 455 g/mol. The minimum atomic E-state index is -0.411. The maximum Gasteiger partial charge on any atom is 0.286 e. The van der Waals surface area contributed by atoms with Crippen molar-refractivity contribution < 1.29 is 23.6 Å². The quantitative estimate of drug-likeness (QED) is 0.454. The fourth-order valence-corrected chi connectivity index (χ4v) is 4.09. The van der Waals surface area contributed by atoms with Crippen LogP contribution in [0.3, 0.4) is 0 Å². The van der Waals surface area contributed by atoms with Crippen molar-refractivity contribution in [2.24, 2.45) is 0 Å². The van der Waals surface area contributed by atoms with Crippen LogP contribution < -0.4 is 20.1 Å². The van der Waals surface area contributed by atoms with Gasteiger partial charge in [0.2, 0.25) is 11.8 Å². The van der Waals surface area contributed by atoms with E-state index in [4.69, 9.17) is 14.0 Å². The molecule has 0 saturated carbocycles. The highest BCUT2D eigenvalue weighted by atomic mass is 32.1. The number of carbonyl (C=O) groups excluding carboxylic acids is 2.